The van der Waals surface area contributed by atoms with Gasteiger partial charge in [0.15, 0.2) is 0 Å². The van der Waals surface area contributed by atoms with Gasteiger partial charge in [0.1, 0.15) is 12.4 Å². The molecule has 0 atom stereocenters. The summed E-state index contributed by atoms with van der Waals surface area (Å²) < 4.78 is 11.8. The first-order valence-corrected chi connectivity index (χ1v) is 9.20. The molecule has 0 amide bonds. The van der Waals surface area contributed by atoms with E-state index in [0.717, 1.165) is 29.2 Å². The largest absolute Gasteiger partial charge is 0.492 e. The fraction of sp³-hybridized carbons (Fsp3) is 0.286. The minimum absolute atomic E-state index is 0.325. The van der Waals surface area contributed by atoms with Crippen LogP contribution in [0.15, 0.2) is 54.7 Å². The Morgan fingerprint density at radius 1 is 1.08 bits per heavy atom. The summed E-state index contributed by atoms with van der Waals surface area (Å²) in [5.41, 5.74) is 6.92. The molecule has 1 saturated carbocycles. The highest BCUT2D eigenvalue weighted by Gasteiger charge is 2.26. The predicted molar refractivity (Wildman–Crippen MR) is 104 cm³/mol. The molecule has 1 heterocycles. The van der Waals surface area contributed by atoms with Crippen LogP contribution < -0.4 is 15.2 Å². The summed E-state index contributed by atoms with van der Waals surface area (Å²) in [6.45, 7) is 1.12. The second kappa shape index (κ2) is 7.52. The fourth-order valence-corrected chi connectivity index (χ4v) is 3.45. The Morgan fingerprint density at radius 2 is 1.88 bits per heavy atom. The van der Waals surface area contributed by atoms with Crippen molar-refractivity contribution in [2.24, 2.45) is 11.7 Å². The van der Waals surface area contributed by atoms with Crippen molar-refractivity contribution in [3.63, 3.8) is 0 Å². The predicted octanol–water partition coefficient (Wildman–Crippen LogP) is 4.58. The molecule has 0 saturated heterocycles. The quantitative estimate of drug-likeness (QED) is 0.691. The zero-order valence-electron chi connectivity index (χ0n) is 14.4. The van der Waals surface area contributed by atoms with Gasteiger partial charge in [-0.05, 0) is 47.9 Å². The summed E-state index contributed by atoms with van der Waals surface area (Å²) in [5.74, 6) is 1.79. The average molecular weight is 369 g/mol. The van der Waals surface area contributed by atoms with Crippen molar-refractivity contribution in [2.75, 3.05) is 6.61 Å². The number of aromatic nitrogens is 1. The number of pyridine rings is 1. The van der Waals surface area contributed by atoms with E-state index in [4.69, 9.17) is 26.8 Å². The van der Waals surface area contributed by atoms with Gasteiger partial charge in [0.25, 0.3) is 0 Å². The summed E-state index contributed by atoms with van der Waals surface area (Å²) in [5, 5.41) is 2.44. The third-order valence-electron chi connectivity index (χ3n) is 4.75. The number of nitrogens with zero attached hydrogens (tertiary/aromatic N) is 1. The van der Waals surface area contributed by atoms with Crippen LogP contribution in [0.2, 0.25) is 5.02 Å². The molecule has 0 spiro atoms. The Hall–Kier alpha value is -2.30. The van der Waals surface area contributed by atoms with Gasteiger partial charge < -0.3 is 15.2 Å². The summed E-state index contributed by atoms with van der Waals surface area (Å²) >= 11 is 6.43. The molecule has 0 radical (unpaired) electrons. The Morgan fingerprint density at radius 3 is 2.65 bits per heavy atom. The molecular formula is C21H21ClN2O2. The van der Waals surface area contributed by atoms with E-state index < -0.39 is 0 Å². The first-order valence-electron chi connectivity index (χ1n) is 8.82. The number of halogens is 1. The van der Waals surface area contributed by atoms with E-state index in [0.29, 0.717) is 41.8 Å². The topological polar surface area (TPSA) is 57.4 Å². The smallest absolute Gasteiger partial charge is 0.221 e. The molecule has 4 rings (SSSR count). The molecule has 5 heteroatoms. The second-order valence-corrected chi connectivity index (χ2v) is 7.21. The number of hydrogen-bond acceptors (Lipinski definition) is 4. The SMILES string of the molecule is N[C@H]1C[C@H](COc2cc3ccnc(OCc4ccccc4)c3cc2Cl)C1. The Bertz CT molecular complexity index is 895. The van der Waals surface area contributed by atoms with Crippen LogP contribution in [0.1, 0.15) is 18.4 Å². The highest BCUT2D eigenvalue weighted by Crippen LogP contribution is 2.35. The number of hydrogen-bond donors (Lipinski definition) is 1. The fourth-order valence-electron chi connectivity index (χ4n) is 3.23. The van der Waals surface area contributed by atoms with Crippen LogP contribution in [-0.4, -0.2) is 17.6 Å². The van der Waals surface area contributed by atoms with E-state index in [-0.39, 0.29) is 0 Å². The van der Waals surface area contributed by atoms with E-state index in [1.54, 1.807) is 6.20 Å². The number of fused-ring (bicyclic) bond motifs is 1. The van der Waals surface area contributed by atoms with Crippen molar-refractivity contribution in [2.45, 2.75) is 25.5 Å². The zero-order valence-corrected chi connectivity index (χ0v) is 15.2. The maximum absolute atomic E-state index is 6.43. The van der Waals surface area contributed by atoms with Crippen molar-refractivity contribution in [1.82, 2.24) is 4.98 Å². The van der Waals surface area contributed by atoms with E-state index in [2.05, 4.69) is 4.98 Å². The Labute approximate surface area is 157 Å². The van der Waals surface area contributed by atoms with E-state index in [9.17, 15) is 0 Å². The molecule has 1 aliphatic carbocycles. The van der Waals surface area contributed by atoms with Gasteiger partial charge in [0.05, 0.1) is 11.6 Å². The van der Waals surface area contributed by atoms with Crippen LogP contribution in [0.4, 0.5) is 0 Å². The third kappa shape index (κ3) is 3.76. The number of ether oxygens (including phenoxy) is 2. The molecule has 0 aliphatic heterocycles. The molecule has 1 aromatic heterocycles. The molecule has 0 bridgehead atoms. The molecule has 134 valence electrons. The van der Waals surface area contributed by atoms with Gasteiger partial charge in [-0.2, -0.15) is 0 Å². The maximum Gasteiger partial charge on any atom is 0.221 e. The lowest BCUT2D eigenvalue weighted by Crippen LogP contribution is -2.39. The molecule has 2 N–H and O–H groups in total. The average Bonchev–Trinajstić information content (AvgIpc) is 2.63. The van der Waals surface area contributed by atoms with E-state index >= 15 is 0 Å². The van der Waals surface area contributed by atoms with Gasteiger partial charge in [0.2, 0.25) is 5.88 Å². The highest BCUT2D eigenvalue weighted by molar-refractivity contribution is 6.33. The van der Waals surface area contributed by atoms with Crippen LogP contribution in [0, 0.1) is 5.92 Å². The lowest BCUT2D eigenvalue weighted by molar-refractivity contribution is 0.160. The van der Waals surface area contributed by atoms with Crippen LogP contribution >= 0.6 is 11.6 Å². The lowest BCUT2D eigenvalue weighted by atomic mass is 9.82. The molecule has 4 nitrogen and oxygen atoms in total. The van der Waals surface area contributed by atoms with Gasteiger partial charge in [0, 0.05) is 17.6 Å². The minimum atomic E-state index is 0.325. The van der Waals surface area contributed by atoms with Gasteiger partial charge in [-0.25, -0.2) is 4.98 Å². The van der Waals surface area contributed by atoms with Gasteiger partial charge in [-0.3, -0.25) is 0 Å². The van der Waals surface area contributed by atoms with Crippen LogP contribution in [0.3, 0.4) is 0 Å². The second-order valence-electron chi connectivity index (χ2n) is 6.80. The first-order chi connectivity index (χ1) is 12.7. The van der Waals surface area contributed by atoms with Crippen LogP contribution in [0.25, 0.3) is 10.8 Å². The molecule has 1 aliphatic rings. The Kier molecular flexibility index (Phi) is 4.96. The number of benzene rings is 2. The van der Waals surface area contributed by atoms with Crippen molar-refractivity contribution >= 4 is 22.4 Å². The molecule has 0 unspecified atom stereocenters. The summed E-state index contributed by atoms with van der Waals surface area (Å²) in [4.78, 5) is 4.36. The van der Waals surface area contributed by atoms with Crippen molar-refractivity contribution in [3.8, 4) is 11.6 Å². The van der Waals surface area contributed by atoms with E-state index in [1.165, 1.54) is 0 Å². The highest BCUT2D eigenvalue weighted by atomic mass is 35.5. The molecule has 2 aromatic carbocycles. The number of rotatable bonds is 6. The van der Waals surface area contributed by atoms with Gasteiger partial charge in [-0.15, -0.1) is 0 Å². The normalized spacial score (nSPS) is 19.2. The van der Waals surface area contributed by atoms with Crippen molar-refractivity contribution in [3.05, 3.63) is 65.3 Å². The molecular weight excluding hydrogens is 348 g/mol. The lowest BCUT2D eigenvalue weighted by Gasteiger charge is -2.32. The monoisotopic (exact) mass is 368 g/mol. The Balaban J connectivity index is 1.51. The maximum atomic E-state index is 6.43. The molecule has 3 aromatic rings. The molecule has 1 fully saturated rings. The third-order valence-corrected chi connectivity index (χ3v) is 5.04. The summed E-state index contributed by atoms with van der Waals surface area (Å²) in [7, 11) is 0. The van der Waals surface area contributed by atoms with Crippen LogP contribution in [0.5, 0.6) is 11.6 Å². The summed E-state index contributed by atoms with van der Waals surface area (Å²) in [6.07, 6.45) is 3.78. The zero-order chi connectivity index (χ0) is 17.9. The van der Waals surface area contributed by atoms with E-state index in [1.807, 2.05) is 48.5 Å². The van der Waals surface area contributed by atoms with Crippen molar-refractivity contribution < 1.29 is 9.47 Å². The summed E-state index contributed by atoms with van der Waals surface area (Å²) in [6, 6.07) is 16.1. The van der Waals surface area contributed by atoms with Crippen LogP contribution in [-0.2, 0) is 6.61 Å². The van der Waals surface area contributed by atoms with Gasteiger partial charge in [-0.1, -0.05) is 41.9 Å². The number of nitrogens with two attached hydrogens (primary N) is 1. The van der Waals surface area contributed by atoms with Gasteiger partial charge >= 0.3 is 0 Å². The minimum Gasteiger partial charge on any atom is -0.492 e. The first kappa shape index (κ1) is 17.1. The standard InChI is InChI=1S/C21H21ClN2O2/c22-19-11-18-16(10-20(19)25-13-15-8-17(23)9-15)6-7-24-21(18)26-12-14-4-2-1-3-5-14/h1-7,10-11,15,17H,8-9,12-13,23H2/t15-,17-. The van der Waals surface area contributed by atoms with Crippen molar-refractivity contribution in [1.29, 1.82) is 0 Å². The molecule has 26 heavy (non-hydrogen) atoms.